The molecular weight excluding hydrogens is 524 g/mol. The number of ether oxygens (including phenoxy) is 2. The molecule has 1 saturated heterocycles. The number of aryl methyl sites for hydroxylation is 1. The van der Waals surface area contributed by atoms with Crippen LogP contribution < -0.4 is 4.74 Å². The Morgan fingerprint density at radius 2 is 1.89 bits per heavy atom. The zero-order chi connectivity index (χ0) is 27.0. The second kappa shape index (κ2) is 10.8. The molecule has 0 amide bonds. The third kappa shape index (κ3) is 4.91. The molecule has 0 bridgehead atoms. The van der Waals surface area contributed by atoms with Crippen LogP contribution in [0.5, 0.6) is 5.75 Å². The van der Waals surface area contributed by atoms with E-state index in [1.165, 1.54) is 16.6 Å². The number of aromatic nitrogens is 1. The van der Waals surface area contributed by atoms with Gasteiger partial charge in [-0.25, -0.2) is 9.59 Å². The van der Waals surface area contributed by atoms with E-state index >= 15 is 0 Å². The van der Waals surface area contributed by atoms with Gasteiger partial charge in [0.2, 0.25) is 0 Å². The Kier molecular flexibility index (Phi) is 7.47. The molecule has 38 heavy (non-hydrogen) atoms. The fourth-order valence-electron chi connectivity index (χ4n) is 5.59. The number of thiophene rings is 1. The van der Waals surface area contributed by atoms with Crippen molar-refractivity contribution in [1.82, 2.24) is 9.47 Å². The maximum atomic E-state index is 12.0. The predicted molar refractivity (Wildman–Crippen MR) is 149 cm³/mol. The summed E-state index contributed by atoms with van der Waals surface area (Å²) in [6.45, 7) is 3.32. The van der Waals surface area contributed by atoms with Crippen molar-refractivity contribution in [3.8, 4) is 5.75 Å². The number of esters is 1. The summed E-state index contributed by atoms with van der Waals surface area (Å²) in [7, 11) is 3.03. The minimum absolute atomic E-state index is 0.0731. The Balaban J connectivity index is 1.54. The summed E-state index contributed by atoms with van der Waals surface area (Å²) in [5.41, 5.74) is 4.10. The molecule has 7 nitrogen and oxygen atoms in total. The van der Waals surface area contributed by atoms with E-state index in [4.69, 9.17) is 21.1 Å². The van der Waals surface area contributed by atoms with Crippen LogP contribution >= 0.6 is 22.9 Å². The van der Waals surface area contributed by atoms with Gasteiger partial charge in [-0.2, -0.15) is 0 Å². The number of carboxylic acid groups (broad SMARTS) is 1. The Labute approximate surface area is 230 Å². The first kappa shape index (κ1) is 26.3. The minimum atomic E-state index is -1.02. The van der Waals surface area contributed by atoms with Crippen LogP contribution in [0.15, 0.2) is 54.7 Å². The van der Waals surface area contributed by atoms with Crippen LogP contribution in [-0.4, -0.2) is 47.4 Å². The van der Waals surface area contributed by atoms with Gasteiger partial charge in [0, 0.05) is 34.6 Å². The van der Waals surface area contributed by atoms with Gasteiger partial charge in [0.15, 0.2) is 0 Å². The molecule has 2 aromatic carbocycles. The first-order valence-corrected chi connectivity index (χ1v) is 13.6. The second-order valence-electron chi connectivity index (χ2n) is 9.57. The van der Waals surface area contributed by atoms with Crippen LogP contribution in [0.1, 0.15) is 56.7 Å². The summed E-state index contributed by atoms with van der Waals surface area (Å²) in [5.74, 6) is 0.741. The summed E-state index contributed by atoms with van der Waals surface area (Å²) >= 11 is 7.89. The number of nitrogens with zero attached hydrogens (tertiary/aromatic N) is 2. The van der Waals surface area contributed by atoms with Gasteiger partial charge in [-0.3, -0.25) is 9.47 Å². The molecule has 2 atom stereocenters. The molecule has 5 rings (SSSR count). The first-order chi connectivity index (χ1) is 18.3. The minimum Gasteiger partial charge on any atom is -0.496 e. The Morgan fingerprint density at radius 1 is 1.13 bits per heavy atom. The summed E-state index contributed by atoms with van der Waals surface area (Å²) in [6, 6.07) is 15.5. The van der Waals surface area contributed by atoms with Crippen LogP contribution in [0, 0.1) is 6.92 Å². The molecule has 1 aliphatic heterocycles. The van der Waals surface area contributed by atoms with Crippen molar-refractivity contribution in [2.75, 3.05) is 20.8 Å². The highest BCUT2D eigenvalue weighted by atomic mass is 35.5. The zero-order valence-corrected chi connectivity index (χ0v) is 23.0. The highest BCUT2D eigenvalue weighted by Crippen LogP contribution is 2.44. The van der Waals surface area contributed by atoms with Gasteiger partial charge in [-0.15, -0.1) is 11.3 Å². The van der Waals surface area contributed by atoms with Crippen molar-refractivity contribution in [1.29, 1.82) is 0 Å². The van der Waals surface area contributed by atoms with Crippen LogP contribution in [0.2, 0.25) is 4.34 Å². The zero-order valence-electron chi connectivity index (χ0n) is 21.4. The molecule has 198 valence electrons. The van der Waals surface area contributed by atoms with Crippen LogP contribution in [0.4, 0.5) is 4.79 Å². The van der Waals surface area contributed by atoms with E-state index in [1.807, 2.05) is 49.4 Å². The van der Waals surface area contributed by atoms with Crippen molar-refractivity contribution in [2.24, 2.45) is 0 Å². The average molecular weight is 553 g/mol. The van der Waals surface area contributed by atoms with E-state index in [1.54, 1.807) is 24.6 Å². The molecule has 1 N–H and O–H groups in total. The van der Waals surface area contributed by atoms with Gasteiger partial charge < -0.3 is 14.6 Å². The van der Waals surface area contributed by atoms with E-state index in [-0.39, 0.29) is 12.0 Å². The fourth-order valence-corrected chi connectivity index (χ4v) is 6.79. The van der Waals surface area contributed by atoms with Crippen LogP contribution in [-0.2, 0) is 11.3 Å². The highest BCUT2D eigenvalue weighted by Gasteiger charge is 2.32. The first-order valence-electron chi connectivity index (χ1n) is 12.4. The van der Waals surface area contributed by atoms with E-state index in [0.29, 0.717) is 23.5 Å². The monoisotopic (exact) mass is 552 g/mol. The van der Waals surface area contributed by atoms with E-state index in [9.17, 15) is 14.7 Å². The van der Waals surface area contributed by atoms with Crippen molar-refractivity contribution >= 4 is 45.9 Å². The van der Waals surface area contributed by atoms with Gasteiger partial charge in [0.05, 0.1) is 29.6 Å². The Bertz CT molecular complexity index is 1490. The van der Waals surface area contributed by atoms with Gasteiger partial charge in [-0.1, -0.05) is 23.7 Å². The normalized spacial score (nSPS) is 18.0. The maximum Gasteiger partial charge on any atom is 0.416 e. The molecule has 0 saturated carbocycles. The number of hydrogen-bond donors (Lipinski definition) is 1. The summed E-state index contributed by atoms with van der Waals surface area (Å²) in [6.07, 6.45) is 2.44. The summed E-state index contributed by atoms with van der Waals surface area (Å²) in [5, 5.41) is 10.6. The molecule has 0 aliphatic carbocycles. The fraction of sp³-hybridized carbons (Fsp3) is 0.310. The number of methoxy groups -OCH3 is 2. The lowest BCUT2D eigenvalue weighted by molar-refractivity contribution is 0.0600. The van der Waals surface area contributed by atoms with E-state index in [0.717, 1.165) is 51.5 Å². The quantitative estimate of drug-likeness (QED) is 0.257. The number of likely N-dealkylation sites (tertiary alicyclic amines) is 1. The largest absolute Gasteiger partial charge is 0.496 e. The molecule has 3 heterocycles. The number of piperidine rings is 1. The van der Waals surface area contributed by atoms with Gasteiger partial charge in [0.25, 0.3) is 0 Å². The van der Waals surface area contributed by atoms with E-state index in [2.05, 4.69) is 11.0 Å². The lowest BCUT2D eigenvalue weighted by Gasteiger charge is -2.40. The third-order valence-electron chi connectivity index (χ3n) is 7.44. The molecule has 0 spiro atoms. The number of hydrogen-bond acceptors (Lipinski definition) is 6. The highest BCUT2D eigenvalue weighted by molar-refractivity contribution is 7.16. The van der Waals surface area contributed by atoms with Gasteiger partial charge >= 0.3 is 12.1 Å². The number of carbonyl (C=O) groups is 2. The molecule has 4 aromatic rings. The topological polar surface area (TPSA) is 81.0 Å². The molecule has 1 aliphatic rings. The summed E-state index contributed by atoms with van der Waals surface area (Å²) in [4.78, 5) is 27.6. The van der Waals surface area contributed by atoms with Crippen molar-refractivity contribution < 1.29 is 24.2 Å². The summed E-state index contributed by atoms with van der Waals surface area (Å²) < 4.78 is 12.7. The predicted octanol–water partition coefficient (Wildman–Crippen LogP) is 7.11. The Hall–Kier alpha value is -3.33. The second-order valence-corrected chi connectivity index (χ2v) is 11.3. The molecule has 1 unspecified atom stereocenters. The SMILES string of the molecule is COC(=O)c1ccc([C@@H]2CC(c3ccc(Cl)s3)CCN2Cc2c(OC)cc(C)c3c2ccn3C(=O)O)cc1. The lowest BCUT2D eigenvalue weighted by atomic mass is 9.85. The van der Waals surface area contributed by atoms with Crippen molar-refractivity contribution in [3.05, 3.63) is 86.2 Å². The van der Waals surface area contributed by atoms with E-state index < -0.39 is 6.09 Å². The smallest absolute Gasteiger partial charge is 0.416 e. The lowest BCUT2D eigenvalue weighted by Crippen LogP contribution is -2.35. The third-order valence-corrected chi connectivity index (χ3v) is 8.84. The van der Waals surface area contributed by atoms with Crippen molar-refractivity contribution in [2.45, 2.75) is 38.3 Å². The number of fused-ring (bicyclic) bond motifs is 1. The molecule has 0 radical (unpaired) electrons. The maximum absolute atomic E-state index is 12.0. The number of halogens is 1. The molecule has 1 fully saturated rings. The standard InChI is InChI=1S/C29H29ClN2O5S/c1-17-14-24(36-2)22(21-11-13-32(27(17)21)29(34)35)16-31-12-10-20(25-8-9-26(30)38-25)15-23(31)18-4-6-19(7-5-18)28(33)37-3/h4-9,11,13-14,20,23H,10,12,15-16H2,1-3H3,(H,34,35)/t20?,23-/m0/s1. The van der Waals surface area contributed by atoms with Gasteiger partial charge in [-0.05, 0) is 79.8 Å². The van der Waals surface area contributed by atoms with Crippen LogP contribution in [0.3, 0.4) is 0 Å². The number of carbonyl (C=O) groups excluding carboxylic acids is 1. The Morgan fingerprint density at radius 3 is 2.53 bits per heavy atom. The van der Waals surface area contributed by atoms with Crippen LogP contribution in [0.25, 0.3) is 10.9 Å². The molecular formula is C29H29ClN2O5S. The molecule has 9 heteroatoms. The number of rotatable bonds is 6. The van der Waals surface area contributed by atoms with Gasteiger partial charge in [0.1, 0.15) is 5.75 Å². The number of benzene rings is 2. The molecule has 2 aromatic heterocycles. The average Bonchev–Trinajstić information content (AvgIpc) is 3.57. The van der Waals surface area contributed by atoms with Crippen molar-refractivity contribution in [3.63, 3.8) is 0 Å².